The maximum Gasteiger partial charge on any atom is 0.280 e. The van der Waals surface area contributed by atoms with E-state index in [-0.39, 0.29) is 29.3 Å². The average molecular weight is 426 g/mol. The Balaban J connectivity index is 1.89. The Kier molecular flexibility index (Phi) is 6.09. The fourth-order valence-corrected chi connectivity index (χ4v) is 3.51. The van der Waals surface area contributed by atoms with E-state index in [1.165, 1.54) is 6.92 Å². The predicted octanol–water partition coefficient (Wildman–Crippen LogP) is 4.02. The number of nitrogens with zero attached hydrogens (tertiary/aromatic N) is 5. The van der Waals surface area contributed by atoms with Crippen LogP contribution in [-0.2, 0) is 17.9 Å². The summed E-state index contributed by atoms with van der Waals surface area (Å²) in [6, 6.07) is 0.328. The lowest BCUT2D eigenvalue weighted by Crippen LogP contribution is -2.30. The summed E-state index contributed by atoms with van der Waals surface area (Å²) >= 11 is 0. The molecule has 11 heteroatoms. The number of hydrogen-bond acceptors (Lipinski definition) is 4. The number of hydrogen-bond donors (Lipinski definition) is 1. The normalized spacial score (nSPS) is 12.9. The van der Waals surface area contributed by atoms with Crippen molar-refractivity contribution < 1.29 is 22.4 Å². The Morgan fingerprint density at radius 1 is 1.13 bits per heavy atom. The molecular weight excluding hydrogens is 404 g/mol. The number of aryl methyl sites for hydroxylation is 2. The average Bonchev–Trinajstić information content (AvgIpc) is 3.20. The van der Waals surface area contributed by atoms with E-state index >= 15 is 0 Å². The molecule has 1 N–H and O–H groups in total. The maximum absolute atomic E-state index is 13.4. The highest BCUT2D eigenvalue weighted by Gasteiger charge is 2.24. The van der Waals surface area contributed by atoms with Crippen LogP contribution in [-0.4, -0.2) is 30.5 Å². The number of carbonyl (C=O) groups is 1. The highest BCUT2D eigenvalue weighted by atomic mass is 19.3. The lowest BCUT2D eigenvalue weighted by molar-refractivity contribution is -0.122. The second-order valence-corrected chi connectivity index (χ2v) is 6.97. The quantitative estimate of drug-likeness (QED) is 0.579. The Morgan fingerprint density at radius 2 is 1.83 bits per heavy atom. The SMILES string of the molecule is CCn1ncc(C(C)NC(=O)Cn2nc(C)c3c(C(F)F)cc(C(F)F)nc32)c1C. The molecule has 1 amide bonds. The summed E-state index contributed by atoms with van der Waals surface area (Å²) in [5.74, 6) is -0.460. The first-order chi connectivity index (χ1) is 14.1. The van der Waals surface area contributed by atoms with Gasteiger partial charge in [0.2, 0.25) is 5.91 Å². The maximum atomic E-state index is 13.4. The first-order valence-corrected chi connectivity index (χ1v) is 9.39. The predicted molar refractivity (Wildman–Crippen MR) is 101 cm³/mol. The number of alkyl halides is 4. The lowest BCUT2D eigenvalue weighted by Gasteiger charge is -2.14. The molecule has 0 saturated heterocycles. The molecule has 0 saturated carbocycles. The summed E-state index contributed by atoms with van der Waals surface area (Å²) in [5, 5.41) is 11.1. The standard InChI is InChI=1S/C19H22F4N6O/c1-5-28-11(4)13(7-24-28)9(2)25-15(30)8-29-19-16(10(3)27-29)12(17(20)21)6-14(26-19)18(22)23/h6-7,9,17-18H,5,8H2,1-4H3,(H,25,30). The number of carbonyl (C=O) groups excluding carboxylic acids is 1. The van der Waals surface area contributed by atoms with Crippen molar-refractivity contribution in [3.8, 4) is 0 Å². The summed E-state index contributed by atoms with van der Waals surface area (Å²) < 4.78 is 56.0. The number of amides is 1. The van der Waals surface area contributed by atoms with E-state index < -0.39 is 30.0 Å². The largest absolute Gasteiger partial charge is 0.348 e. The van der Waals surface area contributed by atoms with Crippen molar-refractivity contribution in [2.75, 3.05) is 0 Å². The topological polar surface area (TPSA) is 77.6 Å². The van der Waals surface area contributed by atoms with Crippen LogP contribution in [0.1, 0.15) is 60.9 Å². The summed E-state index contributed by atoms with van der Waals surface area (Å²) in [4.78, 5) is 16.3. The molecule has 0 aliphatic heterocycles. The first kappa shape index (κ1) is 21.7. The van der Waals surface area contributed by atoms with Gasteiger partial charge in [0.1, 0.15) is 12.2 Å². The number of rotatable bonds is 7. The number of nitrogens with one attached hydrogen (secondary N) is 1. The molecule has 1 unspecified atom stereocenters. The zero-order chi connectivity index (χ0) is 22.2. The van der Waals surface area contributed by atoms with Gasteiger partial charge in [-0.1, -0.05) is 0 Å². The van der Waals surface area contributed by atoms with E-state index in [9.17, 15) is 22.4 Å². The fraction of sp³-hybridized carbons (Fsp3) is 0.474. The van der Waals surface area contributed by atoms with Crippen LogP contribution >= 0.6 is 0 Å². The molecule has 0 radical (unpaired) electrons. The van der Waals surface area contributed by atoms with E-state index in [1.807, 2.05) is 13.8 Å². The van der Waals surface area contributed by atoms with Crippen LogP contribution in [0.2, 0.25) is 0 Å². The number of aromatic nitrogens is 5. The number of pyridine rings is 1. The van der Waals surface area contributed by atoms with Crippen LogP contribution in [0.3, 0.4) is 0 Å². The molecule has 3 heterocycles. The molecule has 3 aromatic heterocycles. The minimum atomic E-state index is -3.03. The van der Waals surface area contributed by atoms with Crippen molar-refractivity contribution in [1.29, 1.82) is 0 Å². The van der Waals surface area contributed by atoms with Gasteiger partial charge in [0, 0.05) is 23.4 Å². The lowest BCUT2D eigenvalue weighted by atomic mass is 10.1. The van der Waals surface area contributed by atoms with Gasteiger partial charge in [-0.2, -0.15) is 10.2 Å². The highest BCUT2D eigenvalue weighted by molar-refractivity contribution is 5.85. The van der Waals surface area contributed by atoms with Gasteiger partial charge in [0.25, 0.3) is 12.9 Å². The van der Waals surface area contributed by atoms with Gasteiger partial charge in [0.05, 0.1) is 23.3 Å². The molecular formula is C19H22F4N6O. The van der Waals surface area contributed by atoms with Crippen molar-refractivity contribution in [2.45, 2.75) is 59.7 Å². The zero-order valence-electron chi connectivity index (χ0n) is 17.0. The fourth-order valence-electron chi connectivity index (χ4n) is 3.51. The molecule has 3 aromatic rings. The Labute approximate surface area is 170 Å². The van der Waals surface area contributed by atoms with Gasteiger partial charge in [-0.15, -0.1) is 0 Å². The van der Waals surface area contributed by atoms with E-state index in [1.54, 1.807) is 17.8 Å². The van der Waals surface area contributed by atoms with E-state index in [0.29, 0.717) is 12.6 Å². The molecule has 0 aliphatic carbocycles. The third kappa shape index (κ3) is 4.01. The van der Waals surface area contributed by atoms with Gasteiger partial charge in [-0.3, -0.25) is 9.48 Å². The molecule has 1 atom stereocenters. The van der Waals surface area contributed by atoms with Crippen molar-refractivity contribution in [1.82, 2.24) is 29.9 Å². The molecule has 162 valence electrons. The molecule has 0 spiro atoms. The van der Waals surface area contributed by atoms with Crippen LogP contribution < -0.4 is 5.32 Å². The Hall–Kier alpha value is -2.98. The number of fused-ring (bicyclic) bond motifs is 1. The van der Waals surface area contributed by atoms with Crippen LogP contribution in [0.15, 0.2) is 12.3 Å². The molecule has 30 heavy (non-hydrogen) atoms. The van der Waals surface area contributed by atoms with Crippen molar-refractivity contribution in [3.63, 3.8) is 0 Å². The van der Waals surface area contributed by atoms with Crippen molar-refractivity contribution >= 4 is 16.9 Å². The third-order valence-corrected chi connectivity index (χ3v) is 4.96. The van der Waals surface area contributed by atoms with Gasteiger partial charge >= 0.3 is 0 Å². The van der Waals surface area contributed by atoms with E-state index in [0.717, 1.165) is 15.9 Å². The second kappa shape index (κ2) is 8.41. The van der Waals surface area contributed by atoms with Gasteiger partial charge in [-0.05, 0) is 33.8 Å². The third-order valence-electron chi connectivity index (χ3n) is 4.96. The van der Waals surface area contributed by atoms with E-state index in [4.69, 9.17) is 0 Å². The minimum absolute atomic E-state index is 0.0182. The molecule has 3 rings (SSSR count). The smallest absolute Gasteiger partial charge is 0.280 e. The van der Waals surface area contributed by atoms with Gasteiger partial charge in [0.15, 0.2) is 5.65 Å². The first-order valence-electron chi connectivity index (χ1n) is 9.39. The molecule has 0 aromatic carbocycles. The Morgan fingerprint density at radius 3 is 2.40 bits per heavy atom. The Bertz CT molecular complexity index is 1070. The van der Waals surface area contributed by atoms with Crippen LogP contribution in [0.5, 0.6) is 0 Å². The monoisotopic (exact) mass is 426 g/mol. The van der Waals surface area contributed by atoms with Crippen LogP contribution in [0, 0.1) is 13.8 Å². The summed E-state index contributed by atoms with van der Waals surface area (Å²) in [6.45, 7) is 7.44. The van der Waals surface area contributed by atoms with Gasteiger partial charge in [-0.25, -0.2) is 27.2 Å². The van der Waals surface area contributed by atoms with Crippen LogP contribution in [0.4, 0.5) is 17.6 Å². The summed E-state index contributed by atoms with van der Waals surface area (Å²) in [7, 11) is 0. The van der Waals surface area contributed by atoms with Crippen molar-refractivity contribution in [3.05, 3.63) is 40.5 Å². The van der Waals surface area contributed by atoms with E-state index in [2.05, 4.69) is 20.5 Å². The highest BCUT2D eigenvalue weighted by Crippen LogP contribution is 2.32. The second-order valence-electron chi connectivity index (χ2n) is 6.97. The molecule has 0 fully saturated rings. The zero-order valence-corrected chi connectivity index (χ0v) is 17.0. The molecule has 7 nitrogen and oxygen atoms in total. The summed E-state index contributed by atoms with van der Waals surface area (Å²) in [6.07, 6.45) is -4.33. The molecule has 0 aliphatic rings. The number of halogens is 4. The molecule has 0 bridgehead atoms. The van der Waals surface area contributed by atoms with Crippen LogP contribution in [0.25, 0.3) is 11.0 Å². The minimum Gasteiger partial charge on any atom is -0.348 e. The summed E-state index contributed by atoms with van der Waals surface area (Å²) in [5.41, 5.74) is 0.416. The van der Waals surface area contributed by atoms with Crippen molar-refractivity contribution in [2.24, 2.45) is 0 Å². The van der Waals surface area contributed by atoms with Gasteiger partial charge < -0.3 is 5.32 Å².